The van der Waals surface area contributed by atoms with Gasteiger partial charge in [0.1, 0.15) is 0 Å². The summed E-state index contributed by atoms with van der Waals surface area (Å²) in [5, 5.41) is 11.4. The Labute approximate surface area is 149 Å². The average Bonchev–Trinajstić information content (AvgIpc) is 2.59. The van der Waals surface area contributed by atoms with Crippen LogP contribution >= 0.6 is 0 Å². The lowest BCUT2D eigenvalue weighted by molar-refractivity contribution is -0.137. The maximum Gasteiger partial charge on any atom is 0.317 e. The third-order valence-electron chi connectivity index (χ3n) is 4.56. The van der Waals surface area contributed by atoms with Crippen LogP contribution in [0.2, 0.25) is 0 Å². The molecule has 138 valence electrons. The molecule has 0 spiro atoms. The number of urea groups is 1. The minimum Gasteiger partial charge on any atom is -0.481 e. The van der Waals surface area contributed by atoms with Crippen LogP contribution in [0.25, 0.3) is 0 Å². The number of carboxylic acids is 1. The lowest BCUT2D eigenvalue weighted by Crippen LogP contribution is -2.51. The Balaban J connectivity index is 1.70. The van der Waals surface area contributed by atoms with Crippen molar-refractivity contribution in [2.75, 3.05) is 32.7 Å². The van der Waals surface area contributed by atoms with Crippen LogP contribution in [0.4, 0.5) is 4.79 Å². The molecule has 0 radical (unpaired) electrons. The van der Waals surface area contributed by atoms with Crippen molar-refractivity contribution < 1.29 is 14.7 Å². The molecule has 0 unspecified atom stereocenters. The Morgan fingerprint density at radius 2 is 1.76 bits per heavy atom. The van der Waals surface area contributed by atoms with Crippen LogP contribution in [0, 0.1) is 0 Å². The van der Waals surface area contributed by atoms with E-state index in [1.807, 2.05) is 0 Å². The van der Waals surface area contributed by atoms with Gasteiger partial charge in [-0.15, -0.1) is 0 Å². The first-order valence-corrected chi connectivity index (χ1v) is 9.01. The maximum atomic E-state index is 12.1. The van der Waals surface area contributed by atoms with Crippen LogP contribution in [0.1, 0.15) is 43.7 Å². The Kier molecular flexibility index (Phi) is 7.25. The molecule has 1 heterocycles. The highest BCUT2D eigenvalue weighted by Gasteiger charge is 2.20. The van der Waals surface area contributed by atoms with E-state index in [4.69, 9.17) is 5.11 Å². The van der Waals surface area contributed by atoms with Crippen LogP contribution in [0.15, 0.2) is 24.3 Å². The van der Waals surface area contributed by atoms with E-state index in [1.54, 1.807) is 4.90 Å². The fraction of sp³-hybridized carbons (Fsp3) is 0.579. The quantitative estimate of drug-likeness (QED) is 0.743. The number of carbonyl (C=O) groups is 2. The first kappa shape index (κ1) is 19.2. The second-order valence-electron chi connectivity index (χ2n) is 6.89. The largest absolute Gasteiger partial charge is 0.481 e. The lowest BCUT2D eigenvalue weighted by atomic mass is 10.0. The normalized spacial score (nSPS) is 15.4. The van der Waals surface area contributed by atoms with E-state index in [-0.39, 0.29) is 12.5 Å². The van der Waals surface area contributed by atoms with Crippen LogP contribution in [0.5, 0.6) is 0 Å². The van der Waals surface area contributed by atoms with Crippen molar-refractivity contribution in [2.24, 2.45) is 0 Å². The third kappa shape index (κ3) is 6.38. The molecule has 0 aromatic heterocycles. The van der Waals surface area contributed by atoms with Crippen molar-refractivity contribution in [2.45, 2.75) is 39.2 Å². The van der Waals surface area contributed by atoms with Gasteiger partial charge in [-0.05, 0) is 23.5 Å². The topological polar surface area (TPSA) is 72.9 Å². The van der Waals surface area contributed by atoms with Gasteiger partial charge in [0.2, 0.25) is 0 Å². The second kappa shape index (κ2) is 9.42. The molecule has 2 amide bonds. The smallest absolute Gasteiger partial charge is 0.317 e. The number of piperazine rings is 1. The van der Waals surface area contributed by atoms with Gasteiger partial charge in [0.05, 0.1) is 0 Å². The monoisotopic (exact) mass is 347 g/mol. The van der Waals surface area contributed by atoms with Gasteiger partial charge in [-0.25, -0.2) is 4.79 Å². The van der Waals surface area contributed by atoms with E-state index in [9.17, 15) is 9.59 Å². The lowest BCUT2D eigenvalue weighted by Gasteiger charge is -2.34. The Bertz CT molecular complexity index is 564. The molecule has 1 aromatic carbocycles. The Hall–Kier alpha value is -2.08. The molecule has 1 fully saturated rings. The molecule has 2 N–H and O–H groups in total. The van der Waals surface area contributed by atoms with Crippen molar-refractivity contribution >= 4 is 12.0 Å². The molecule has 0 saturated carbocycles. The maximum absolute atomic E-state index is 12.1. The van der Waals surface area contributed by atoms with E-state index < -0.39 is 5.97 Å². The number of hydrogen-bond donors (Lipinski definition) is 2. The molecule has 0 atom stereocenters. The number of nitrogens with one attached hydrogen (secondary N) is 1. The number of hydrogen-bond acceptors (Lipinski definition) is 3. The summed E-state index contributed by atoms with van der Waals surface area (Å²) in [6, 6.07) is 8.68. The summed E-state index contributed by atoms with van der Waals surface area (Å²) in [5.74, 6) is -0.282. The van der Waals surface area contributed by atoms with Gasteiger partial charge < -0.3 is 15.3 Å². The van der Waals surface area contributed by atoms with Gasteiger partial charge in [-0.2, -0.15) is 0 Å². The van der Waals surface area contributed by atoms with Gasteiger partial charge in [0, 0.05) is 45.7 Å². The molecule has 25 heavy (non-hydrogen) atoms. The van der Waals surface area contributed by atoms with Crippen LogP contribution in [-0.2, 0) is 11.3 Å². The van der Waals surface area contributed by atoms with Crippen molar-refractivity contribution in [3.8, 4) is 0 Å². The number of nitrogens with zero attached hydrogens (tertiary/aromatic N) is 2. The van der Waals surface area contributed by atoms with Gasteiger partial charge in [-0.3, -0.25) is 9.69 Å². The molecule has 1 saturated heterocycles. The zero-order valence-corrected chi connectivity index (χ0v) is 15.2. The molecule has 6 nitrogen and oxygen atoms in total. The zero-order valence-electron chi connectivity index (χ0n) is 15.2. The van der Waals surface area contributed by atoms with Crippen LogP contribution in [0.3, 0.4) is 0 Å². The van der Waals surface area contributed by atoms with Gasteiger partial charge >= 0.3 is 12.0 Å². The molecular formula is C19H29N3O3. The summed E-state index contributed by atoms with van der Waals surface area (Å²) in [5.41, 5.74) is 2.66. The highest BCUT2D eigenvalue weighted by atomic mass is 16.4. The SMILES string of the molecule is CC(C)c1ccc(CN2CCN(C(=O)NCCCC(=O)O)CC2)cc1. The van der Waals surface area contributed by atoms with Crippen molar-refractivity contribution in [3.05, 3.63) is 35.4 Å². The molecule has 1 aliphatic heterocycles. The Morgan fingerprint density at radius 1 is 1.12 bits per heavy atom. The van der Waals surface area contributed by atoms with E-state index >= 15 is 0 Å². The number of amides is 2. The second-order valence-corrected chi connectivity index (χ2v) is 6.89. The predicted octanol–water partition coefficient (Wildman–Crippen LogP) is 2.50. The average molecular weight is 347 g/mol. The molecule has 0 bridgehead atoms. The first-order valence-electron chi connectivity index (χ1n) is 9.01. The third-order valence-corrected chi connectivity index (χ3v) is 4.56. The standard InChI is InChI=1S/C19H29N3O3/c1-15(2)17-7-5-16(6-8-17)14-21-10-12-22(13-11-21)19(25)20-9-3-4-18(23)24/h5-8,15H,3-4,9-14H2,1-2H3,(H,20,25)(H,23,24). The predicted molar refractivity (Wildman–Crippen MR) is 97.6 cm³/mol. The summed E-state index contributed by atoms with van der Waals surface area (Å²) in [6.45, 7) is 8.83. The molecule has 1 aromatic rings. The summed E-state index contributed by atoms with van der Waals surface area (Å²) >= 11 is 0. The van der Waals surface area contributed by atoms with E-state index in [0.717, 1.165) is 19.6 Å². The number of aliphatic carboxylic acids is 1. The minimum atomic E-state index is -0.829. The number of benzene rings is 1. The van der Waals surface area contributed by atoms with Crippen LogP contribution in [-0.4, -0.2) is 59.6 Å². The molecule has 0 aliphatic carbocycles. The van der Waals surface area contributed by atoms with Crippen molar-refractivity contribution in [3.63, 3.8) is 0 Å². The number of carboxylic acid groups (broad SMARTS) is 1. The summed E-state index contributed by atoms with van der Waals surface area (Å²) in [7, 11) is 0. The Morgan fingerprint density at radius 3 is 2.32 bits per heavy atom. The summed E-state index contributed by atoms with van der Waals surface area (Å²) in [6.07, 6.45) is 0.553. The van der Waals surface area contributed by atoms with E-state index in [2.05, 4.69) is 48.3 Å². The molecule has 6 heteroatoms. The van der Waals surface area contributed by atoms with Crippen molar-refractivity contribution in [1.82, 2.24) is 15.1 Å². The van der Waals surface area contributed by atoms with Crippen LogP contribution < -0.4 is 5.32 Å². The highest BCUT2D eigenvalue weighted by molar-refractivity contribution is 5.74. The molecular weight excluding hydrogens is 318 g/mol. The zero-order chi connectivity index (χ0) is 18.2. The highest BCUT2D eigenvalue weighted by Crippen LogP contribution is 2.16. The van der Waals surface area contributed by atoms with E-state index in [1.165, 1.54) is 11.1 Å². The van der Waals surface area contributed by atoms with Crippen molar-refractivity contribution in [1.29, 1.82) is 0 Å². The fourth-order valence-corrected chi connectivity index (χ4v) is 2.92. The summed E-state index contributed by atoms with van der Waals surface area (Å²) in [4.78, 5) is 26.7. The molecule has 2 rings (SSSR count). The van der Waals surface area contributed by atoms with E-state index in [0.29, 0.717) is 32.0 Å². The fourth-order valence-electron chi connectivity index (χ4n) is 2.92. The minimum absolute atomic E-state index is 0.0870. The number of rotatable bonds is 7. The molecule has 1 aliphatic rings. The first-order chi connectivity index (χ1) is 12.0. The number of carbonyl (C=O) groups excluding carboxylic acids is 1. The van der Waals surface area contributed by atoms with Gasteiger partial charge in [0.15, 0.2) is 0 Å². The van der Waals surface area contributed by atoms with Gasteiger partial charge in [-0.1, -0.05) is 38.1 Å². The summed E-state index contributed by atoms with van der Waals surface area (Å²) < 4.78 is 0. The van der Waals surface area contributed by atoms with Gasteiger partial charge in [0.25, 0.3) is 0 Å².